The minimum atomic E-state index is 0.308. The van der Waals surface area contributed by atoms with Crippen LogP contribution in [-0.2, 0) is 0 Å². The number of nitrogens with two attached hydrogens (primary N) is 1. The molecular formula is C15H23BrN2O. The molecule has 106 valence electrons. The highest BCUT2D eigenvalue weighted by Gasteiger charge is 2.41. The van der Waals surface area contributed by atoms with Crippen molar-refractivity contribution in [2.24, 2.45) is 11.1 Å². The summed E-state index contributed by atoms with van der Waals surface area (Å²) in [5, 5.41) is 3.56. The van der Waals surface area contributed by atoms with Gasteiger partial charge in [0.2, 0.25) is 0 Å². The van der Waals surface area contributed by atoms with Gasteiger partial charge in [0.25, 0.3) is 0 Å². The molecule has 3 N–H and O–H groups in total. The highest BCUT2D eigenvalue weighted by Crippen LogP contribution is 2.46. The molecule has 0 heterocycles. The molecule has 1 aliphatic carbocycles. The molecule has 4 heteroatoms. The average Bonchev–Trinajstić information content (AvgIpc) is 3.19. The van der Waals surface area contributed by atoms with Gasteiger partial charge >= 0.3 is 0 Å². The van der Waals surface area contributed by atoms with Crippen molar-refractivity contribution in [2.75, 3.05) is 25.5 Å². The van der Waals surface area contributed by atoms with E-state index in [1.165, 1.54) is 29.5 Å². The van der Waals surface area contributed by atoms with Gasteiger partial charge in [-0.1, -0.05) is 15.9 Å². The van der Waals surface area contributed by atoms with Crippen molar-refractivity contribution in [2.45, 2.75) is 33.6 Å². The second-order valence-electron chi connectivity index (χ2n) is 5.65. The fraction of sp³-hybridized carbons (Fsp3) is 0.600. The van der Waals surface area contributed by atoms with Crippen LogP contribution in [0.25, 0.3) is 0 Å². The van der Waals surface area contributed by atoms with Gasteiger partial charge in [-0.05, 0) is 62.3 Å². The third kappa shape index (κ3) is 2.61. The van der Waals surface area contributed by atoms with Gasteiger partial charge in [0.1, 0.15) is 5.75 Å². The highest BCUT2D eigenvalue weighted by atomic mass is 79.9. The normalized spacial score (nSPS) is 16.3. The van der Waals surface area contributed by atoms with Crippen LogP contribution < -0.4 is 15.8 Å². The number of ether oxygens (including phenoxy) is 1. The molecule has 0 aromatic heterocycles. The number of hydrogen-bond acceptors (Lipinski definition) is 3. The fourth-order valence-corrected chi connectivity index (χ4v) is 2.95. The first-order valence-electron chi connectivity index (χ1n) is 6.73. The Morgan fingerprint density at radius 3 is 2.32 bits per heavy atom. The van der Waals surface area contributed by atoms with Gasteiger partial charge in [0, 0.05) is 11.0 Å². The smallest absolute Gasteiger partial charge is 0.145 e. The molecule has 0 spiro atoms. The van der Waals surface area contributed by atoms with Crippen LogP contribution >= 0.6 is 15.9 Å². The van der Waals surface area contributed by atoms with Gasteiger partial charge < -0.3 is 15.8 Å². The van der Waals surface area contributed by atoms with E-state index in [-0.39, 0.29) is 0 Å². The number of benzene rings is 1. The molecule has 0 amide bonds. The van der Waals surface area contributed by atoms with Gasteiger partial charge in [0.15, 0.2) is 0 Å². The van der Waals surface area contributed by atoms with Gasteiger partial charge in [-0.25, -0.2) is 0 Å². The van der Waals surface area contributed by atoms with Crippen molar-refractivity contribution in [1.29, 1.82) is 0 Å². The van der Waals surface area contributed by atoms with E-state index in [1.54, 1.807) is 7.11 Å². The summed E-state index contributed by atoms with van der Waals surface area (Å²) in [6.45, 7) is 8.01. The van der Waals surface area contributed by atoms with Crippen LogP contribution in [0.5, 0.6) is 5.75 Å². The molecule has 2 rings (SSSR count). The average molecular weight is 327 g/mol. The zero-order valence-electron chi connectivity index (χ0n) is 12.2. The van der Waals surface area contributed by atoms with Gasteiger partial charge in [-0.3, -0.25) is 0 Å². The second-order valence-corrected chi connectivity index (χ2v) is 6.45. The van der Waals surface area contributed by atoms with Crippen molar-refractivity contribution >= 4 is 21.6 Å². The summed E-state index contributed by atoms with van der Waals surface area (Å²) in [6, 6.07) is 0. The molecule has 1 fully saturated rings. The van der Waals surface area contributed by atoms with Crippen LogP contribution in [0, 0.1) is 26.2 Å². The lowest BCUT2D eigenvalue weighted by molar-refractivity contribution is 0.412. The molecule has 19 heavy (non-hydrogen) atoms. The van der Waals surface area contributed by atoms with Gasteiger partial charge in [-0.15, -0.1) is 0 Å². The van der Waals surface area contributed by atoms with E-state index >= 15 is 0 Å². The number of methoxy groups -OCH3 is 1. The van der Waals surface area contributed by atoms with Crippen LogP contribution in [0.1, 0.15) is 29.5 Å². The van der Waals surface area contributed by atoms with E-state index in [2.05, 4.69) is 42.0 Å². The van der Waals surface area contributed by atoms with E-state index < -0.39 is 0 Å². The Balaban J connectivity index is 2.33. The molecule has 3 nitrogen and oxygen atoms in total. The topological polar surface area (TPSA) is 47.3 Å². The van der Waals surface area contributed by atoms with Crippen LogP contribution in [0.3, 0.4) is 0 Å². The third-order valence-corrected chi connectivity index (χ3v) is 5.59. The molecule has 1 aliphatic rings. The van der Waals surface area contributed by atoms with Crippen molar-refractivity contribution in [3.63, 3.8) is 0 Å². The lowest BCUT2D eigenvalue weighted by Crippen LogP contribution is -2.24. The predicted octanol–water partition coefficient (Wildman–Crippen LogP) is 3.53. The van der Waals surface area contributed by atoms with E-state index in [0.717, 1.165) is 29.0 Å². The first kappa shape index (κ1) is 14.7. The Morgan fingerprint density at radius 1 is 1.21 bits per heavy atom. The minimum Gasteiger partial charge on any atom is -0.494 e. The summed E-state index contributed by atoms with van der Waals surface area (Å²) in [5.41, 5.74) is 10.9. The SMILES string of the molecule is COc1c(C)c(C)c(Br)c(C)c1NCC1(CN)CC1. The van der Waals surface area contributed by atoms with Crippen LogP contribution in [0.15, 0.2) is 4.47 Å². The Morgan fingerprint density at radius 2 is 1.84 bits per heavy atom. The zero-order chi connectivity index (χ0) is 14.2. The number of anilines is 1. The van der Waals surface area contributed by atoms with E-state index in [4.69, 9.17) is 10.5 Å². The van der Waals surface area contributed by atoms with Crippen LogP contribution in [0.2, 0.25) is 0 Å². The number of rotatable bonds is 5. The Kier molecular flexibility index (Phi) is 4.11. The molecule has 0 saturated heterocycles. The molecule has 1 aromatic carbocycles. The first-order chi connectivity index (χ1) is 8.95. The fourth-order valence-electron chi connectivity index (χ4n) is 2.46. The Hall–Kier alpha value is -0.740. The van der Waals surface area contributed by atoms with Gasteiger partial charge in [0.05, 0.1) is 12.8 Å². The molecule has 0 atom stereocenters. The highest BCUT2D eigenvalue weighted by molar-refractivity contribution is 9.10. The maximum atomic E-state index is 5.84. The maximum Gasteiger partial charge on any atom is 0.145 e. The van der Waals surface area contributed by atoms with Crippen LogP contribution in [0.4, 0.5) is 5.69 Å². The Labute approximate surface area is 124 Å². The largest absolute Gasteiger partial charge is 0.494 e. The van der Waals surface area contributed by atoms with Crippen molar-refractivity contribution in [1.82, 2.24) is 0 Å². The van der Waals surface area contributed by atoms with Gasteiger partial charge in [-0.2, -0.15) is 0 Å². The van der Waals surface area contributed by atoms with E-state index in [0.29, 0.717) is 5.41 Å². The quantitative estimate of drug-likeness (QED) is 0.870. The summed E-state index contributed by atoms with van der Waals surface area (Å²) in [6.07, 6.45) is 2.45. The molecule has 0 bridgehead atoms. The molecule has 0 unspecified atom stereocenters. The number of nitrogens with one attached hydrogen (secondary N) is 1. The molecular weight excluding hydrogens is 304 g/mol. The lowest BCUT2D eigenvalue weighted by atomic mass is 10.0. The van der Waals surface area contributed by atoms with Crippen molar-refractivity contribution in [3.8, 4) is 5.75 Å². The summed E-state index contributed by atoms with van der Waals surface area (Å²) in [4.78, 5) is 0. The molecule has 1 saturated carbocycles. The molecule has 1 aromatic rings. The summed E-state index contributed by atoms with van der Waals surface area (Å²) in [5.74, 6) is 0.950. The summed E-state index contributed by atoms with van der Waals surface area (Å²) >= 11 is 3.68. The second kappa shape index (κ2) is 5.33. The van der Waals surface area contributed by atoms with Crippen LogP contribution in [-0.4, -0.2) is 20.2 Å². The zero-order valence-corrected chi connectivity index (χ0v) is 13.8. The lowest BCUT2D eigenvalue weighted by Gasteiger charge is -2.22. The third-order valence-electron chi connectivity index (χ3n) is 4.40. The standard InChI is InChI=1S/C15H23BrN2O/c1-9-10(2)14(19-4)13(11(3)12(9)16)18-8-15(7-17)5-6-15/h18H,5-8,17H2,1-4H3. The minimum absolute atomic E-state index is 0.308. The number of halogens is 1. The predicted molar refractivity (Wildman–Crippen MR) is 84.1 cm³/mol. The maximum absolute atomic E-state index is 5.84. The monoisotopic (exact) mass is 326 g/mol. The van der Waals surface area contributed by atoms with E-state index in [1.807, 2.05) is 0 Å². The molecule has 0 aliphatic heterocycles. The first-order valence-corrected chi connectivity index (χ1v) is 7.52. The van der Waals surface area contributed by atoms with Crippen molar-refractivity contribution < 1.29 is 4.74 Å². The number of hydrogen-bond donors (Lipinski definition) is 2. The molecule has 0 radical (unpaired) electrons. The summed E-state index contributed by atoms with van der Waals surface area (Å²) < 4.78 is 6.76. The van der Waals surface area contributed by atoms with E-state index in [9.17, 15) is 0 Å². The summed E-state index contributed by atoms with van der Waals surface area (Å²) in [7, 11) is 1.73. The Bertz CT molecular complexity index is 496. The van der Waals surface area contributed by atoms with Crippen molar-refractivity contribution in [3.05, 3.63) is 21.2 Å².